The SMILES string of the molecule is CC(CON)n1c2ccccc2c2ccccc21. The van der Waals surface area contributed by atoms with Crippen LogP contribution in [0.15, 0.2) is 48.5 Å². The van der Waals surface area contributed by atoms with Gasteiger partial charge in [0.15, 0.2) is 0 Å². The van der Waals surface area contributed by atoms with E-state index in [0.717, 1.165) is 0 Å². The zero-order valence-corrected chi connectivity index (χ0v) is 10.3. The van der Waals surface area contributed by atoms with Crippen LogP contribution >= 0.6 is 0 Å². The highest BCUT2D eigenvalue weighted by atomic mass is 16.6. The minimum Gasteiger partial charge on any atom is -0.335 e. The largest absolute Gasteiger partial charge is 0.335 e. The fourth-order valence-electron chi connectivity index (χ4n) is 2.64. The fourth-order valence-corrected chi connectivity index (χ4v) is 2.64. The first-order chi connectivity index (χ1) is 8.83. The molecule has 1 unspecified atom stereocenters. The van der Waals surface area contributed by atoms with Crippen LogP contribution in [0.4, 0.5) is 0 Å². The quantitative estimate of drug-likeness (QED) is 0.714. The Morgan fingerprint density at radius 2 is 1.50 bits per heavy atom. The third-order valence-electron chi connectivity index (χ3n) is 3.40. The highest BCUT2D eigenvalue weighted by Gasteiger charge is 2.14. The van der Waals surface area contributed by atoms with E-state index in [-0.39, 0.29) is 6.04 Å². The van der Waals surface area contributed by atoms with Crippen LogP contribution < -0.4 is 5.90 Å². The summed E-state index contributed by atoms with van der Waals surface area (Å²) < 4.78 is 2.29. The van der Waals surface area contributed by atoms with E-state index >= 15 is 0 Å². The van der Waals surface area contributed by atoms with Gasteiger partial charge in [-0.15, -0.1) is 0 Å². The first kappa shape index (κ1) is 11.3. The number of nitrogens with two attached hydrogens (primary N) is 1. The molecule has 1 aromatic heterocycles. The molecule has 0 aliphatic rings. The van der Waals surface area contributed by atoms with Crippen molar-refractivity contribution in [3.63, 3.8) is 0 Å². The van der Waals surface area contributed by atoms with E-state index in [2.05, 4.69) is 60.0 Å². The van der Waals surface area contributed by atoms with Crippen molar-refractivity contribution in [1.29, 1.82) is 0 Å². The van der Waals surface area contributed by atoms with Crippen molar-refractivity contribution >= 4 is 21.8 Å². The van der Waals surface area contributed by atoms with E-state index in [4.69, 9.17) is 10.7 Å². The molecule has 3 rings (SSSR count). The molecule has 0 saturated heterocycles. The number of para-hydroxylation sites is 2. The zero-order valence-electron chi connectivity index (χ0n) is 10.3. The molecular weight excluding hydrogens is 224 g/mol. The van der Waals surface area contributed by atoms with Crippen molar-refractivity contribution in [2.75, 3.05) is 6.61 Å². The predicted octanol–water partition coefficient (Wildman–Crippen LogP) is 3.25. The Kier molecular flexibility index (Phi) is 2.78. The summed E-state index contributed by atoms with van der Waals surface area (Å²) in [5.74, 6) is 5.21. The molecular formula is C15H16N2O. The van der Waals surface area contributed by atoms with Crippen molar-refractivity contribution in [2.24, 2.45) is 5.90 Å². The molecule has 0 bridgehead atoms. The summed E-state index contributed by atoms with van der Waals surface area (Å²) in [4.78, 5) is 4.80. The van der Waals surface area contributed by atoms with Gasteiger partial charge in [0.25, 0.3) is 0 Å². The van der Waals surface area contributed by atoms with Crippen molar-refractivity contribution in [3.8, 4) is 0 Å². The Morgan fingerprint density at radius 1 is 1.00 bits per heavy atom. The van der Waals surface area contributed by atoms with Crippen LogP contribution in [0.2, 0.25) is 0 Å². The molecule has 3 aromatic rings. The third-order valence-corrected chi connectivity index (χ3v) is 3.40. The molecule has 2 aromatic carbocycles. The summed E-state index contributed by atoms with van der Waals surface area (Å²) in [5.41, 5.74) is 2.45. The second kappa shape index (κ2) is 4.44. The number of benzene rings is 2. The average molecular weight is 240 g/mol. The highest BCUT2D eigenvalue weighted by molar-refractivity contribution is 6.08. The molecule has 0 aliphatic carbocycles. The van der Waals surface area contributed by atoms with Crippen molar-refractivity contribution in [3.05, 3.63) is 48.5 Å². The first-order valence-corrected chi connectivity index (χ1v) is 6.12. The van der Waals surface area contributed by atoms with Gasteiger partial charge >= 0.3 is 0 Å². The van der Waals surface area contributed by atoms with Crippen LogP contribution in [0.5, 0.6) is 0 Å². The third kappa shape index (κ3) is 1.60. The molecule has 18 heavy (non-hydrogen) atoms. The summed E-state index contributed by atoms with van der Waals surface area (Å²) in [7, 11) is 0. The van der Waals surface area contributed by atoms with Gasteiger partial charge in [0.05, 0.1) is 12.6 Å². The minimum absolute atomic E-state index is 0.208. The monoisotopic (exact) mass is 240 g/mol. The molecule has 3 heteroatoms. The molecule has 3 nitrogen and oxygen atoms in total. The van der Waals surface area contributed by atoms with Crippen LogP contribution in [-0.2, 0) is 4.84 Å². The molecule has 0 fully saturated rings. The maximum atomic E-state index is 5.21. The van der Waals surface area contributed by atoms with Gasteiger partial charge < -0.3 is 9.40 Å². The zero-order chi connectivity index (χ0) is 12.5. The fraction of sp³-hybridized carbons (Fsp3) is 0.200. The minimum atomic E-state index is 0.208. The number of fused-ring (bicyclic) bond motifs is 3. The standard InChI is InChI=1S/C15H16N2O/c1-11(10-18-16)17-14-8-4-2-6-12(14)13-7-3-5-9-15(13)17/h2-9,11H,10,16H2,1H3. The molecule has 0 amide bonds. The van der Waals surface area contributed by atoms with Crippen molar-refractivity contribution in [1.82, 2.24) is 4.57 Å². The lowest BCUT2D eigenvalue weighted by Gasteiger charge is -2.15. The van der Waals surface area contributed by atoms with Gasteiger partial charge in [-0.2, -0.15) is 0 Å². The van der Waals surface area contributed by atoms with Crippen LogP contribution in [0.25, 0.3) is 21.8 Å². The lowest BCUT2D eigenvalue weighted by atomic mass is 10.2. The molecule has 0 radical (unpaired) electrons. The molecule has 1 heterocycles. The first-order valence-electron chi connectivity index (χ1n) is 6.12. The number of hydrogen-bond donors (Lipinski definition) is 1. The molecule has 1 atom stereocenters. The Hall–Kier alpha value is -1.84. The summed E-state index contributed by atoms with van der Waals surface area (Å²) in [6, 6.07) is 17.1. The van der Waals surface area contributed by atoms with Gasteiger partial charge in [0.2, 0.25) is 0 Å². The molecule has 92 valence electrons. The lowest BCUT2D eigenvalue weighted by Crippen LogP contribution is -2.14. The topological polar surface area (TPSA) is 40.2 Å². The van der Waals surface area contributed by atoms with E-state index in [1.54, 1.807) is 0 Å². The van der Waals surface area contributed by atoms with Crippen LogP contribution in [0, 0.1) is 0 Å². The van der Waals surface area contributed by atoms with E-state index in [9.17, 15) is 0 Å². The second-order valence-corrected chi connectivity index (χ2v) is 4.59. The van der Waals surface area contributed by atoms with Gasteiger partial charge in [-0.3, -0.25) is 0 Å². The normalized spacial score (nSPS) is 13.2. The maximum absolute atomic E-state index is 5.21. The van der Waals surface area contributed by atoms with Gasteiger partial charge in [-0.05, 0) is 19.1 Å². The number of nitrogens with zero attached hydrogens (tertiary/aromatic N) is 1. The van der Waals surface area contributed by atoms with Gasteiger partial charge in [0, 0.05) is 21.8 Å². The Bertz CT molecular complexity index is 634. The summed E-state index contributed by atoms with van der Waals surface area (Å²) in [5, 5.41) is 2.55. The number of rotatable bonds is 3. The second-order valence-electron chi connectivity index (χ2n) is 4.59. The van der Waals surface area contributed by atoms with Gasteiger partial charge in [-0.1, -0.05) is 36.4 Å². The average Bonchev–Trinajstić information content (AvgIpc) is 2.73. The van der Waals surface area contributed by atoms with E-state index in [1.807, 2.05) is 0 Å². The number of aromatic nitrogens is 1. The summed E-state index contributed by atoms with van der Waals surface area (Å²) in [6.07, 6.45) is 0. The smallest absolute Gasteiger partial charge is 0.0884 e. The predicted molar refractivity (Wildman–Crippen MR) is 74.3 cm³/mol. The maximum Gasteiger partial charge on any atom is 0.0884 e. The molecule has 0 saturated carbocycles. The van der Waals surface area contributed by atoms with E-state index in [0.29, 0.717) is 6.61 Å². The number of hydrogen-bond acceptors (Lipinski definition) is 2. The Labute approximate surface area is 106 Å². The highest BCUT2D eigenvalue weighted by Crippen LogP contribution is 2.31. The Morgan fingerprint density at radius 3 is 2.00 bits per heavy atom. The lowest BCUT2D eigenvalue weighted by molar-refractivity contribution is 0.112. The van der Waals surface area contributed by atoms with Gasteiger partial charge in [-0.25, -0.2) is 5.90 Å². The van der Waals surface area contributed by atoms with Crippen LogP contribution in [-0.4, -0.2) is 11.2 Å². The molecule has 0 spiro atoms. The van der Waals surface area contributed by atoms with E-state index in [1.165, 1.54) is 21.8 Å². The summed E-state index contributed by atoms with van der Waals surface area (Å²) in [6.45, 7) is 2.62. The molecule has 2 N–H and O–H groups in total. The Balaban J connectivity index is 2.38. The van der Waals surface area contributed by atoms with Crippen molar-refractivity contribution < 1.29 is 4.84 Å². The van der Waals surface area contributed by atoms with E-state index < -0.39 is 0 Å². The van der Waals surface area contributed by atoms with Gasteiger partial charge in [0.1, 0.15) is 0 Å². The molecule has 0 aliphatic heterocycles. The summed E-state index contributed by atoms with van der Waals surface area (Å²) >= 11 is 0. The van der Waals surface area contributed by atoms with Crippen LogP contribution in [0.3, 0.4) is 0 Å². The van der Waals surface area contributed by atoms with Crippen LogP contribution in [0.1, 0.15) is 13.0 Å². The van der Waals surface area contributed by atoms with Crippen molar-refractivity contribution in [2.45, 2.75) is 13.0 Å².